The molecule has 1 aromatic heterocycles. The first-order valence-electron chi connectivity index (χ1n) is 8.64. The molecule has 3 aromatic rings. The van der Waals surface area contributed by atoms with Crippen LogP contribution in [0, 0.1) is 13.8 Å². The summed E-state index contributed by atoms with van der Waals surface area (Å²) in [6.07, 6.45) is 1.58. The number of Topliss-reactive ketones (excluding diaryl/α,β-unsaturated/α-hetero) is 1. The lowest BCUT2D eigenvalue weighted by molar-refractivity contribution is 0.101. The molecular weight excluding hydrogens is 338 g/mol. The summed E-state index contributed by atoms with van der Waals surface area (Å²) in [6, 6.07) is 16.6. The Morgan fingerprint density at radius 1 is 0.852 bits per heavy atom. The molecular formula is C22H21N3O2. The Hall–Kier alpha value is -3.47. The summed E-state index contributed by atoms with van der Waals surface area (Å²) in [7, 11) is 0. The normalized spacial score (nSPS) is 10.3. The van der Waals surface area contributed by atoms with Crippen molar-refractivity contribution >= 4 is 28.8 Å². The number of nitrogens with zero attached hydrogens (tertiary/aromatic N) is 1. The van der Waals surface area contributed by atoms with E-state index in [-0.39, 0.29) is 11.7 Å². The summed E-state index contributed by atoms with van der Waals surface area (Å²) in [5.41, 5.74) is 5.33. The summed E-state index contributed by atoms with van der Waals surface area (Å²) < 4.78 is 0. The number of anilines is 3. The van der Waals surface area contributed by atoms with Crippen molar-refractivity contribution in [2.24, 2.45) is 0 Å². The Morgan fingerprint density at radius 3 is 2.26 bits per heavy atom. The van der Waals surface area contributed by atoms with Crippen LogP contribution in [-0.2, 0) is 0 Å². The van der Waals surface area contributed by atoms with Crippen molar-refractivity contribution < 1.29 is 9.59 Å². The number of carbonyl (C=O) groups is 2. The Morgan fingerprint density at radius 2 is 1.56 bits per heavy atom. The maximum absolute atomic E-state index is 12.5. The molecule has 5 nitrogen and oxygen atoms in total. The van der Waals surface area contributed by atoms with Gasteiger partial charge >= 0.3 is 0 Å². The van der Waals surface area contributed by atoms with Crippen molar-refractivity contribution in [3.8, 4) is 0 Å². The third-order valence-electron chi connectivity index (χ3n) is 4.03. The molecule has 0 aliphatic carbocycles. The van der Waals surface area contributed by atoms with Gasteiger partial charge in [-0.1, -0.05) is 18.2 Å². The lowest BCUT2D eigenvalue weighted by Gasteiger charge is -2.10. The molecule has 2 N–H and O–H groups in total. The van der Waals surface area contributed by atoms with Gasteiger partial charge in [0.15, 0.2) is 5.78 Å². The number of rotatable bonds is 5. The number of amides is 1. The second-order valence-corrected chi connectivity index (χ2v) is 6.52. The molecule has 0 radical (unpaired) electrons. The van der Waals surface area contributed by atoms with Crippen molar-refractivity contribution in [2.75, 3.05) is 10.6 Å². The van der Waals surface area contributed by atoms with E-state index in [4.69, 9.17) is 0 Å². The maximum Gasteiger partial charge on any atom is 0.274 e. The average Bonchev–Trinajstić information content (AvgIpc) is 2.61. The third-order valence-corrected chi connectivity index (χ3v) is 4.03. The van der Waals surface area contributed by atoms with Crippen LogP contribution < -0.4 is 10.6 Å². The van der Waals surface area contributed by atoms with Crippen LogP contribution in [0.25, 0.3) is 0 Å². The Labute approximate surface area is 158 Å². The third kappa shape index (κ3) is 4.79. The molecule has 0 saturated heterocycles. The molecule has 0 bridgehead atoms. The molecule has 2 aromatic carbocycles. The molecule has 0 atom stereocenters. The van der Waals surface area contributed by atoms with E-state index in [2.05, 4.69) is 15.6 Å². The van der Waals surface area contributed by atoms with Gasteiger partial charge in [-0.15, -0.1) is 0 Å². The highest BCUT2D eigenvalue weighted by molar-refractivity contribution is 6.03. The first-order chi connectivity index (χ1) is 12.9. The zero-order valence-corrected chi connectivity index (χ0v) is 15.5. The molecule has 1 amide bonds. The van der Waals surface area contributed by atoms with Crippen LogP contribution in [0.4, 0.5) is 17.1 Å². The van der Waals surface area contributed by atoms with Gasteiger partial charge in [0.1, 0.15) is 5.69 Å². The minimum Gasteiger partial charge on any atom is -0.355 e. The summed E-state index contributed by atoms with van der Waals surface area (Å²) in [6.45, 7) is 5.50. The smallest absolute Gasteiger partial charge is 0.274 e. The van der Waals surface area contributed by atoms with Gasteiger partial charge in [0, 0.05) is 28.8 Å². The van der Waals surface area contributed by atoms with Gasteiger partial charge in [-0.25, -0.2) is 0 Å². The van der Waals surface area contributed by atoms with Crippen LogP contribution >= 0.6 is 0 Å². The number of hydrogen-bond donors (Lipinski definition) is 2. The van der Waals surface area contributed by atoms with Crippen molar-refractivity contribution in [1.82, 2.24) is 4.98 Å². The van der Waals surface area contributed by atoms with Gasteiger partial charge in [-0.2, -0.15) is 0 Å². The quantitative estimate of drug-likeness (QED) is 0.636. The molecule has 0 fully saturated rings. The number of benzene rings is 2. The van der Waals surface area contributed by atoms with Crippen LogP contribution in [0.2, 0.25) is 0 Å². The van der Waals surface area contributed by atoms with Crippen LogP contribution in [0.3, 0.4) is 0 Å². The first-order valence-corrected chi connectivity index (χ1v) is 8.64. The van der Waals surface area contributed by atoms with Crippen LogP contribution in [-0.4, -0.2) is 16.7 Å². The van der Waals surface area contributed by atoms with Crippen molar-refractivity contribution in [3.63, 3.8) is 0 Å². The van der Waals surface area contributed by atoms with Crippen LogP contribution in [0.5, 0.6) is 0 Å². The van der Waals surface area contributed by atoms with E-state index >= 15 is 0 Å². The maximum atomic E-state index is 12.5. The molecule has 3 rings (SSSR count). The number of aryl methyl sites for hydroxylation is 2. The molecule has 1 heterocycles. The average molecular weight is 359 g/mol. The van der Waals surface area contributed by atoms with Crippen molar-refractivity contribution in [3.05, 3.63) is 83.2 Å². The highest BCUT2D eigenvalue weighted by atomic mass is 16.2. The number of carbonyl (C=O) groups excluding carboxylic acids is 2. The highest BCUT2D eigenvalue weighted by Crippen LogP contribution is 2.19. The number of hydrogen-bond acceptors (Lipinski definition) is 4. The van der Waals surface area contributed by atoms with Crippen molar-refractivity contribution in [2.45, 2.75) is 20.8 Å². The van der Waals surface area contributed by atoms with Gasteiger partial charge in [0.05, 0.1) is 0 Å². The summed E-state index contributed by atoms with van der Waals surface area (Å²) in [4.78, 5) is 28.2. The van der Waals surface area contributed by atoms with Gasteiger partial charge in [-0.05, 0) is 68.3 Å². The molecule has 136 valence electrons. The minimum absolute atomic E-state index is 0.00175. The van der Waals surface area contributed by atoms with E-state index < -0.39 is 0 Å². The molecule has 0 spiro atoms. The second-order valence-electron chi connectivity index (χ2n) is 6.52. The number of aromatic nitrogens is 1. The number of pyridine rings is 1. The van der Waals surface area contributed by atoms with Crippen LogP contribution in [0.1, 0.15) is 38.9 Å². The van der Waals surface area contributed by atoms with Gasteiger partial charge in [-0.3, -0.25) is 14.6 Å². The van der Waals surface area contributed by atoms with E-state index in [1.807, 2.05) is 44.2 Å². The molecule has 0 aliphatic heterocycles. The van der Waals surface area contributed by atoms with Crippen molar-refractivity contribution in [1.29, 1.82) is 0 Å². The molecule has 0 unspecified atom stereocenters. The lowest BCUT2D eigenvalue weighted by Crippen LogP contribution is -2.14. The molecule has 5 heteroatoms. The van der Waals surface area contributed by atoms with E-state index in [0.717, 1.165) is 28.2 Å². The van der Waals surface area contributed by atoms with E-state index in [0.29, 0.717) is 11.3 Å². The van der Waals surface area contributed by atoms with E-state index in [9.17, 15) is 9.59 Å². The summed E-state index contributed by atoms with van der Waals surface area (Å²) in [5.74, 6) is -0.275. The van der Waals surface area contributed by atoms with E-state index in [1.54, 1.807) is 30.5 Å². The minimum atomic E-state index is -0.277. The predicted octanol–water partition coefficient (Wildman–Crippen LogP) is 4.90. The SMILES string of the molecule is CC(=O)c1cccc(Nc2ccnc(C(=O)Nc3cc(C)cc(C)c3)c2)c1. The topological polar surface area (TPSA) is 71.1 Å². The monoisotopic (exact) mass is 359 g/mol. The summed E-state index contributed by atoms with van der Waals surface area (Å²) >= 11 is 0. The van der Waals surface area contributed by atoms with E-state index in [1.165, 1.54) is 6.92 Å². The fourth-order valence-corrected chi connectivity index (χ4v) is 2.86. The van der Waals surface area contributed by atoms with Gasteiger partial charge in [0.25, 0.3) is 5.91 Å². The standard InChI is InChI=1S/C22H21N3O2/c1-14-9-15(2)11-20(10-14)25-22(27)21-13-19(7-8-23-21)24-18-6-4-5-17(12-18)16(3)26/h4-13H,1-3H3,(H,23,24)(H,25,27). The zero-order chi connectivity index (χ0) is 19.4. The summed E-state index contributed by atoms with van der Waals surface area (Å²) in [5, 5.41) is 6.09. The highest BCUT2D eigenvalue weighted by Gasteiger charge is 2.10. The van der Waals surface area contributed by atoms with Crippen LogP contribution in [0.15, 0.2) is 60.8 Å². The Bertz CT molecular complexity index is 992. The molecule has 0 aliphatic rings. The number of nitrogens with one attached hydrogen (secondary N) is 2. The number of ketones is 1. The largest absolute Gasteiger partial charge is 0.355 e. The Kier molecular flexibility index (Phi) is 5.31. The Balaban J connectivity index is 1.77. The van der Waals surface area contributed by atoms with Gasteiger partial charge in [0.2, 0.25) is 0 Å². The molecule has 27 heavy (non-hydrogen) atoms. The van der Waals surface area contributed by atoms with Gasteiger partial charge < -0.3 is 10.6 Å². The first kappa shape index (κ1) is 18.3. The fraction of sp³-hybridized carbons (Fsp3) is 0.136. The lowest BCUT2D eigenvalue weighted by atomic mass is 10.1. The fourth-order valence-electron chi connectivity index (χ4n) is 2.86. The zero-order valence-electron chi connectivity index (χ0n) is 15.5. The molecule has 0 saturated carbocycles. The predicted molar refractivity (Wildman–Crippen MR) is 108 cm³/mol. The second kappa shape index (κ2) is 7.83.